The highest BCUT2D eigenvalue weighted by atomic mass is 32.1. The third-order valence-electron chi connectivity index (χ3n) is 4.79. The minimum absolute atomic E-state index is 0.126. The van der Waals surface area contributed by atoms with Crippen LogP contribution in [-0.2, 0) is 22.5 Å². The summed E-state index contributed by atoms with van der Waals surface area (Å²) in [5, 5.41) is 15.3. The summed E-state index contributed by atoms with van der Waals surface area (Å²) < 4.78 is 5.40. The van der Waals surface area contributed by atoms with E-state index in [1.807, 2.05) is 5.38 Å². The van der Waals surface area contributed by atoms with Crippen molar-refractivity contribution in [1.82, 2.24) is 20.1 Å². The zero-order chi connectivity index (χ0) is 20.9. The molecule has 0 bridgehead atoms. The van der Waals surface area contributed by atoms with Gasteiger partial charge in [0.15, 0.2) is 0 Å². The maximum absolute atomic E-state index is 12.3. The minimum Gasteiger partial charge on any atom is -0.379 e. The Morgan fingerprint density at radius 3 is 2.67 bits per heavy atom. The number of carbonyl (C=O) groups is 1. The Morgan fingerprint density at radius 1 is 1.20 bits per heavy atom. The molecule has 1 aliphatic heterocycles. The van der Waals surface area contributed by atoms with Crippen molar-refractivity contribution >= 4 is 33.7 Å². The highest BCUT2D eigenvalue weighted by Gasteiger charge is 2.14. The molecule has 3 heterocycles. The Kier molecular flexibility index (Phi) is 6.83. The third-order valence-corrected chi connectivity index (χ3v) is 6.86. The van der Waals surface area contributed by atoms with Gasteiger partial charge in [-0.2, -0.15) is 0 Å². The molecule has 0 spiro atoms. The van der Waals surface area contributed by atoms with Gasteiger partial charge in [-0.25, -0.2) is 4.98 Å². The van der Waals surface area contributed by atoms with Crippen LogP contribution >= 0.6 is 22.7 Å². The van der Waals surface area contributed by atoms with Crippen LogP contribution in [0.1, 0.15) is 36.0 Å². The molecule has 3 aromatic rings. The van der Waals surface area contributed by atoms with Crippen LogP contribution in [0.4, 0.5) is 5.13 Å². The van der Waals surface area contributed by atoms with Crippen LogP contribution in [0.5, 0.6) is 0 Å². The number of anilines is 1. The Morgan fingerprint density at radius 2 is 1.97 bits per heavy atom. The quantitative estimate of drug-likeness (QED) is 0.598. The molecule has 0 unspecified atom stereocenters. The number of nitrogens with zero attached hydrogens (tertiary/aromatic N) is 4. The number of hydrogen-bond acceptors (Lipinski definition) is 8. The van der Waals surface area contributed by atoms with E-state index < -0.39 is 0 Å². The molecule has 4 rings (SSSR count). The van der Waals surface area contributed by atoms with Gasteiger partial charge in [0.1, 0.15) is 10.0 Å². The number of ether oxygens (including phenoxy) is 1. The summed E-state index contributed by atoms with van der Waals surface area (Å²) in [6, 6.07) is 8.51. The van der Waals surface area contributed by atoms with E-state index in [9.17, 15) is 4.79 Å². The number of rotatable bonds is 7. The van der Waals surface area contributed by atoms with Crippen LogP contribution in [0.15, 0.2) is 29.6 Å². The Balaban J connectivity index is 1.33. The first-order valence-corrected chi connectivity index (χ1v) is 11.7. The predicted molar refractivity (Wildman–Crippen MR) is 120 cm³/mol. The number of hydrogen-bond donors (Lipinski definition) is 1. The molecule has 0 saturated carbocycles. The molecule has 2 aromatic heterocycles. The fraction of sp³-hybridized carbons (Fsp3) is 0.429. The molecular formula is C21H25N5O2S2. The van der Waals surface area contributed by atoms with E-state index in [0.717, 1.165) is 54.1 Å². The maximum Gasteiger partial charge on any atom is 0.232 e. The van der Waals surface area contributed by atoms with Crippen molar-refractivity contribution in [3.63, 3.8) is 0 Å². The molecule has 1 aliphatic rings. The van der Waals surface area contributed by atoms with Crippen molar-refractivity contribution in [1.29, 1.82) is 0 Å². The molecule has 1 aromatic carbocycles. The summed E-state index contributed by atoms with van der Waals surface area (Å²) in [4.78, 5) is 19.4. The lowest BCUT2D eigenvalue weighted by Crippen LogP contribution is -2.35. The van der Waals surface area contributed by atoms with Crippen molar-refractivity contribution in [3.05, 3.63) is 45.9 Å². The number of benzene rings is 1. The van der Waals surface area contributed by atoms with Crippen LogP contribution in [0, 0.1) is 0 Å². The lowest BCUT2D eigenvalue weighted by atomic mass is 10.1. The van der Waals surface area contributed by atoms with Gasteiger partial charge in [0.25, 0.3) is 0 Å². The third kappa shape index (κ3) is 5.48. The van der Waals surface area contributed by atoms with Crippen LogP contribution in [0.3, 0.4) is 0 Å². The molecule has 9 heteroatoms. The normalized spacial score (nSPS) is 14.9. The van der Waals surface area contributed by atoms with Crippen molar-refractivity contribution in [2.45, 2.75) is 32.7 Å². The summed E-state index contributed by atoms with van der Waals surface area (Å²) in [7, 11) is 0. The molecule has 7 nitrogen and oxygen atoms in total. The van der Waals surface area contributed by atoms with Gasteiger partial charge in [-0.15, -0.1) is 21.5 Å². The molecule has 0 radical (unpaired) electrons. The minimum atomic E-state index is -0.126. The van der Waals surface area contributed by atoms with Crippen molar-refractivity contribution in [2.75, 3.05) is 31.6 Å². The van der Waals surface area contributed by atoms with E-state index in [-0.39, 0.29) is 12.3 Å². The van der Waals surface area contributed by atoms with Crippen molar-refractivity contribution in [3.8, 4) is 10.6 Å². The maximum atomic E-state index is 12.3. The van der Waals surface area contributed by atoms with E-state index in [4.69, 9.17) is 4.74 Å². The van der Waals surface area contributed by atoms with Crippen LogP contribution in [-0.4, -0.2) is 52.3 Å². The topological polar surface area (TPSA) is 80.2 Å². The summed E-state index contributed by atoms with van der Waals surface area (Å²) >= 11 is 2.97. The Bertz CT molecular complexity index is 977. The molecule has 30 heavy (non-hydrogen) atoms. The van der Waals surface area contributed by atoms with Gasteiger partial charge in [-0.1, -0.05) is 49.4 Å². The lowest BCUT2D eigenvalue weighted by Gasteiger charge is -2.26. The zero-order valence-electron chi connectivity index (χ0n) is 17.1. The molecule has 158 valence electrons. The first-order chi connectivity index (χ1) is 14.6. The molecule has 1 fully saturated rings. The SMILES string of the molecule is CC(C)c1nnc(NC(=O)Cc2csc(-c3ccc(CN4CCOCC4)cc3)n2)s1. The second kappa shape index (κ2) is 9.74. The first-order valence-electron chi connectivity index (χ1n) is 10.0. The van der Waals surface area contributed by atoms with Gasteiger partial charge in [0.2, 0.25) is 11.0 Å². The van der Waals surface area contributed by atoms with Gasteiger partial charge in [-0.05, 0) is 5.56 Å². The molecule has 0 aliphatic carbocycles. The second-order valence-electron chi connectivity index (χ2n) is 7.55. The highest BCUT2D eigenvalue weighted by molar-refractivity contribution is 7.15. The van der Waals surface area contributed by atoms with E-state index in [1.54, 1.807) is 11.3 Å². The van der Waals surface area contributed by atoms with Crippen LogP contribution in [0.25, 0.3) is 10.6 Å². The van der Waals surface area contributed by atoms with Crippen molar-refractivity contribution in [2.24, 2.45) is 0 Å². The average molecular weight is 444 g/mol. The van der Waals surface area contributed by atoms with Gasteiger partial charge in [0.05, 0.1) is 25.3 Å². The Labute approximate surface area is 184 Å². The van der Waals surface area contributed by atoms with E-state index in [0.29, 0.717) is 11.0 Å². The number of amides is 1. The number of carbonyl (C=O) groups excluding carboxylic acids is 1. The number of aromatic nitrogens is 3. The second-order valence-corrected chi connectivity index (χ2v) is 9.42. The van der Waals surface area contributed by atoms with Gasteiger partial charge in [0, 0.05) is 36.5 Å². The summed E-state index contributed by atoms with van der Waals surface area (Å²) in [5.74, 6) is 0.175. The van der Waals surface area contributed by atoms with E-state index >= 15 is 0 Å². The van der Waals surface area contributed by atoms with Gasteiger partial charge >= 0.3 is 0 Å². The Hall–Kier alpha value is -2.20. The molecule has 1 N–H and O–H groups in total. The standard InChI is InChI=1S/C21H25N5O2S2/c1-14(2)19-24-25-21(30-19)23-18(27)11-17-13-29-20(22-17)16-5-3-15(4-6-16)12-26-7-9-28-10-8-26/h3-6,13-14H,7-12H2,1-2H3,(H,23,25,27). The van der Waals surface area contributed by atoms with E-state index in [2.05, 4.69) is 63.5 Å². The zero-order valence-corrected chi connectivity index (χ0v) is 18.8. The molecular weight excluding hydrogens is 418 g/mol. The first kappa shape index (κ1) is 21.0. The highest BCUT2D eigenvalue weighted by Crippen LogP contribution is 2.26. The molecule has 1 amide bonds. The number of nitrogens with one attached hydrogen (secondary N) is 1. The summed E-state index contributed by atoms with van der Waals surface area (Å²) in [6.07, 6.45) is 0.224. The molecule has 1 saturated heterocycles. The monoisotopic (exact) mass is 443 g/mol. The predicted octanol–water partition coefficient (Wildman–Crippen LogP) is 3.80. The van der Waals surface area contributed by atoms with E-state index in [1.165, 1.54) is 16.9 Å². The van der Waals surface area contributed by atoms with Crippen LogP contribution in [0.2, 0.25) is 0 Å². The van der Waals surface area contributed by atoms with Crippen LogP contribution < -0.4 is 5.32 Å². The van der Waals surface area contributed by atoms with Gasteiger partial charge in [-0.3, -0.25) is 9.69 Å². The number of morpholine rings is 1. The van der Waals surface area contributed by atoms with Crippen molar-refractivity contribution < 1.29 is 9.53 Å². The van der Waals surface area contributed by atoms with Gasteiger partial charge < -0.3 is 10.1 Å². The fourth-order valence-corrected chi connectivity index (χ4v) is 4.73. The summed E-state index contributed by atoms with van der Waals surface area (Å²) in [5.41, 5.74) is 3.12. The molecule has 0 atom stereocenters. The fourth-order valence-electron chi connectivity index (χ4n) is 3.14. The largest absolute Gasteiger partial charge is 0.379 e. The average Bonchev–Trinajstić information content (AvgIpc) is 3.39. The number of thiazole rings is 1. The summed E-state index contributed by atoms with van der Waals surface area (Å²) in [6.45, 7) is 8.63. The smallest absolute Gasteiger partial charge is 0.232 e. The lowest BCUT2D eigenvalue weighted by molar-refractivity contribution is -0.115.